The van der Waals surface area contributed by atoms with E-state index < -0.39 is 0 Å². The van der Waals surface area contributed by atoms with Crippen LogP contribution >= 0.6 is 22.9 Å². The highest BCUT2D eigenvalue weighted by Crippen LogP contribution is 2.30. The Kier molecular flexibility index (Phi) is 2.04. The van der Waals surface area contributed by atoms with Crippen molar-refractivity contribution in [1.29, 1.82) is 0 Å². The van der Waals surface area contributed by atoms with Gasteiger partial charge in [-0.1, -0.05) is 30.3 Å². The number of carbonyl (C=O) groups is 1. The lowest BCUT2D eigenvalue weighted by atomic mass is 9.93. The summed E-state index contributed by atoms with van der Waals surface area (Å²) in [7, 11) is 0. The molecular formula is C9H8INO. The topological polar surface area (TPSA) is 20.3 Å². The number of halogens is 1. The average Bonchev–Trinajstić information content (AvgIpc) is 2.15. The van der Waals surface area contributed by atoms with Crippen molar-refractivity contribution in [3.05, 3.63) is 35.9 Å². The number of β-lactam (4-membered cyclic amide) rings is 1. The number of rotatable bonds is 1. The molecule has 0 radical (unpaired) electrons. The summed E-state index contributed by atoms with van der Waals surface area (Å²) in [5.41, 5.74) is 1.13. The van der Waals surface area contributed by atoms with Crippen LogP contribution < -0.4 is 0 Å². The molecule has 1 unspecified atom stereocenters. The van der Waals surface area contributed by atoms with E-state index in [0.717, 1.165) is 12.1 Å². The third-order valence-electron chi connectivity index (χ3n) is 2.08. The Bertz CT molecular complexity index is 299. The van der Waals surface area contributed by atoms with E-state index in [1.54, 1.807) is 3.11 Å². The minimum atomic E-state index is 0.114. The second-order valence-electron chi connectivity index (χ2n) is 2.85. The molecule has 1 aliphatic rings. The van der Waals surface area contributed by atoms with Crippen LogP contribution in [0, 0.1) is 0 Å². The van der Waals surface area contributed by atoms with Gasteiger partial charge in [0.05, 0.1) is 28.8 Å². The molecular weight excluding hydrogens is 265 g/mol. The number of benzene rings is 1. The van der Waals surface area contributed by atoms with E-state index in [2.05, 4.69) is 0 Å². The summed E-state index contributed by atoms with van der Waals surface area (Å²) < 4.78 is 1.72. The standard InChI is InChI=1S/C9H8INO/c10-11-6-8(9(11)12)7-4-2-1-3-5-7/h1-5,8H,6H2. The molecule has 1 atom stereocenters. The summed E-state index contributed by atoms with van der Waals surface area (Å²) in [4.78, 5) is 11.3. The fourth-order valence-corrected chi connectivity index (χ4v) is 2.05. The van der Waals surface area contributed by atoms with Crippen LogP contribution in [0.15, 0.2) is 30.3 Å². The second-order valence-corrected chi connectivity index (χ2v) is 4.01. The molecule has 3 heteroatoms. The summed E-state index contributed by atoms with van der Waals surface area (Å²) in [5.74, 6) is 0.338. The Morgan fingerprint density at radius 3 is 2.50 bits per heavy atom. The highest BCUT2D eigenvalue weighted by Gasteiger charge is 2.35. The Labute approximate surface area is 85.1 Å². The molecule has 0 spiro atoms. The largest absolute Gasteiger partial charge is 0.283 e. The van der Waals surface area contributed by atoms with Crippen LogP contribution in [0.25, 0.3) is 0 Å². The van der Waals surface area contributed by atoms with Gasteiger partial charge in [0, 0.05) is 6.54 Å². The lowest BCUT2D eigenvalue weighted by molar-refractivity contribution is -0.133. The van der Waals surface area contributed by atoms with Crippen molar-refractivity contribution in [2.75, 3.05) is 6.54 Å². The van der Waals surface area contributed by atoms with Gasteiger partial charge in [-0.15, -0.1) is 0 Å². The molecule has 1 aromatic carbocycles. The van der Waals surface area contributed by atoms with Gasteiger partial charge in [-0.05, 0) is 5.56 Å². The summed E-state index contributed by atoms with van der Waals surface area (Å²) in [5, 5.41) is 0. The van der Waals surface area contributed by atoms with E-state index in [9.17, 15) is 4.79 Å². The SMILES string of the molecule is O=C1C(c2ccccc2)CN1I. The first-order valence-corrected chi connectivity index (χ1v) is 4.77. The maximum absolute atomic E-state index is 11.3. The monoisotopic (exact) mass is 273 g/mol. The Morgan fingerprint density at radius 1 is 1.33 bits per heavy atom. The zero-order valence-electron chi connectivity index (χ0n) is 6.40. The van der Waals surface area contributed by atoms with Gasteiger partial charge in [-0.25, -0.2) is 0 Å². The van der Waals surface area contributed by atoms with E-state index in [1.165, 1.54) is 0 Å². The van der Waals surface area contributed by atoms with Gasteiger partial charge in [0.15, 0.2) is 0 Å². The number of hydrogen-bond acceptors (Lipinski definition) is 1. The Morgan fingerprint density at radius 2 is 2.00 bits per heavy atom. The first-order chi connectivity index (χ1) is 5.79. The quantitative estimate of drug-likeness (QED) is 0.435. The minimum absolute atomic E-state index is 0.114. The highest BCUT2D eigenvalue weighted by molar-refractivity contribution is 14.1. The molecule has 0 saturated carbocycles. The van der Waals surface area contributed by atoms with E-state index in [1.807, 2.05) is 53.2 Å². The smallest absolute Gasteiger partial charge is 0.240 e. The molecule has 0 aromatic heterocycles. The van der Waals surface area contributed by atoms with Crippen LogP contribution in [0.1, 0.15) is 11.5 Å². The van der Waals surface area contributed by atoms with Crippen LogP contribution in [0.2, 0.25) is 0 Å². The maximum Gasteiger partial charge on any atom is 0.240 e. The number of carbonyl (C=O) groups excluding carboxylic acids is 1. The maximum atomic E-state index is 11.3. The van der Waals surface area contributed by atoms with Crippen LogP contribution in [0.5, 0.6) is 0 Å². The van der Waals surface area contributed by atoms with Gasteiger partial charge in [0.1, 0.15) is 0 Å². The zero-order chi connectivity index (χ0) is 8.55. The van der Waals surface area contributed by atoms with Crippen LogP contribution in [0.4, 0.5) is 0 Å². The fraction of sp³-hybridized carbons (Fsp3) is 0.222. The number of hydrogen-bond donors (Lipinski definition) is 0. The van der Waals surface area contributed by atoms with Crippen LogP contribution in [-0.2, 0) is 4.79 Å². The van der Waals surface area contributed by atoms with Gasteiger partial charge in [0.2, 0.25) is 5.91 Å². The van der Waals surface area contributed by atoms with Gasteiger partial charge in [-0.2, -0.15) is 0 Å². The van der Waals surface area contributed by atoms with Crippen molar-refractivity contribution >= 4 is 28.8 Å². The number of nitrogens with zero attached hydrogens (tertiary/aromatic N) is 1. The van der Waals surface area contributed by atoms with Gasteiger partial charge < -0.3 is 0 Å². The van der Waals surface area contributed by atoms with Gasteiger partial charge >= 0.3 is 0 Å². The number of amides is 1. The Balaban J connectivity index is 2.19. The average molecular weight is 273 g/mol. The molecule has 1 saturated heterocycles. The van der Waals surface area contributed by atoms with E-state index >= 15 is 0 Å². The van der Waals surface area contributed by atoms with Crippen molar-refractivity contribution in [3.63, 3.8) is 0 Å². The fourth-order valence-electron chi connectivity index (χ4n) is 1.32. The van der Waals surface area contributed by atoms with Crippen LogP contribution in [0.3, 0.4) is 0 Å². The van der Waals surface area contributed by atoms with Crippen molar-refractivity contribution in [2.24, 2.45) is 0 Å². The van der Waals surface area contributed by atoms with E-state index in [4.69, 9.17) is 0 Å². The Hall–Kier alpha value is -0.580. The third-order valence-corrected chi connectivity index (χ3v) is 2.95. The molecule has 1 amide bonds. The van der Waals surface area contributed by atoms with Crippen molar-refractivity contribution in [2.45, 2.75) is 5.92 Å². The molecule has 1 heterocycles. The predicted molar refractivity (Wildman–Crippen MR) is 54.9 cm³/mol. The minimum Gasteiger partial charge on any atom is -0.283 e. The van der Waals surface area contributed by atoms with Crippen molar-refractivity contribution in [3.8, 4) is 0 Å². The third kappa shape index (κ3) is 1.22. The van der Waals surface area contributed by atoms with Crippen LogP contribution in [-0.4, -0.2) is 15.6 Å². The van der Waals surface area contributed by atoms with Crippen molar-refractivity contribution in [1.82, 2.24) is 3.11 Å². The molecule has 0 N–H and O–H groups in total. The molecule has 2 nitrogen and oxygen atoms in total. The highest BCUT2D eigenvalue weighted by atomic mass is 127. The molecule has 1 fully saturated rings. The summed E-state index contributed by atoms with van der Waals surface area (Å²) >= 11 is 2.04. The van der Waals surface area contributed by atoms with Gasteiger partial charge in [0.25, 0.3) is 0 Å². The second kappa shape index (κ2) is 3.05. The molecule has 0 aliphatic carbocycles. The summed E-state index contributed by atoms with van der Waals surface area (Å²) in [6, 6.07) is 9.92. The van der Waals surface area contributed by atoms with Crippen molar-refractivity contribution < 1.29 is 4.79 Å². The molecule has 1 aliphatic heterocycles. The van der Waals surface area contributed by atoms with E-state index in [-0.39, 0.29) is 11.8 Å². The molecule has 0 bridgehead atoms. The lowest BCUT2D eigenvalue weighted by Gasteiger charge is -2.33. The molecule has 12 heavy (non-hydrogen) atoms. The lowest BCUT2D eigenvalue weighted by Crippen LogP contribution is -2.43. The summed E-state index contributed by atoms with van der Waals surface area (Å²) in [6.45, 7) is 0.851. The zero-order valence-corrected chi connectivity index (χ0v) is 8.56. The van der Waals surface area contributed by atoms with Gasteiger partial charge in [-0.3, -0.25) is 7.91 Å². The predicted octanol–water partition coefficient (Wildman–Crippen LogP) is 1.96. The first-order valence-electron chi connectivity index (χ1n) is 3.81. The molecule has 62 valence electrons. The molecule has 1 aromatic rings. The van der Waals surface area contributed by atoms with E-state index in [0.29, 0.717) is 0 Å². The first kappa shape index (κ1) is 8.04. The normalized spacial score (nSPS) is 22.2. The summed E-state index contributed by atoms with van der Waals surface area (Å²) in [6.07, 6.45) is 0. The molecule has 2 rings (SSSR count).